The van der Waals surface area contributed by atoms with Crippen molar-refractivity contribution in [3.8, 4) is 11.8 Å². The fraction of sp³-hybridized carbons (Fsp3) is 0.464. The van der Waals surface area contributed by atoms with Crippen molar-refractivity contribution in [2.24, 2.45) is 0 Å². The lowest BCUT2D eigenvalue weighted by Gasteiger charge is -2.28. The topological polar surface area (TPSA) is 78.5 Å². The molecule has 0 aromatic heterocycles. The second-order valence-corrected chi connectivity index (χ2v) is 11.2. The molecule has 1 fully saturated rings. The standard InChI is InChI=1S/C28H35N3O3S/c1-29-24-17-14-21(15-18-24)8-7-13-27(28(32)31(2)25-11-5-6-12-25)30-35(33,34)26-19-16-22-9-3-4-10-23(22)20-26/h14-20,25,27,29-30H,3-6,9-13H2,1-2H3/t27-/m0/s1. The third-order valence-electron chi connectivity index (χ3n) is 7.16. The first kappa shape index (κ1) is 25.3. The number of carbonyl (C=O) groups excluding carboxylic acids is 1. The first-order valence-corrected chi connectivity index (χ1v) is 14.0. The SMILES string of the molecule is CNc1ccc(C#CC[C@H](NS(=O)(=O)c2ccc3c(c2)CCCC3)C(=O)N(C)C2CCCC2)cc1. The maximum atomic E-state index is 13.4. The van der Waals surface area contributed by atoms with Gasteiger partial charge < -0.3 is 10.2 Å². The highest BCUT2D eigenvalue weighted by Gasteiger charge is 2.32. The predicted molar refractivity (Wildman–Crippen MR) is 140 cm³/mol. The maximum absolute atomic E-state index is 13.4. The van der Waals surface area contributed by atoms with Gasteiger partial charge in [-0.05, 0) is 86.1 Å². The fourth-order valence-corrected chi connectivity index (χ4v) is 6.24. The van der Waals surface area contributed by atoms with Crippen molar-refractivity contribution in [3.63, 3.8) is 0 Å². The summed E-state index contributed by atoms with van der Waals surface area (Å²) < 4.78 is 29.4. The van der Waals surface area contributed by atoms with E-state index in [9.17, 15) is 13.2 Å². The van der Waals surface area contributed by atoms with E-state index in [1.165, 1.54) is 5.56 Å². The van der Waals surface area contributed by atoms with Gasteiger partial charge in [0.25, 0.3) is 0 Å². The van der Waals surface area contributed by atoms with Gasteiger partial charge in [0.05, 0.1) is 4.90 Å². The zero-order valence-electron chi connectivity index (χ0n) is 20.6. The molecule has 2 aromatic carbocycles. The lowest BCUT2D eigenvalue weighted by molar-refractivity contribution is -0.133. The molecule has 7 heteroatoms. The van der Waals surface area contributed by atoms with Gasteiger partial charge in [0, 0.05) is 37.8 Å². The number of hydrogen-bond donors (Lipinski definition) is 2. The molecule has 0 spiro atoms. The van der Waals surface area contributed by atoms with Crippen LogP contribution in [0, 0.1) is 11.8 Å². The van der Waals surface area contributed by atoms with Crippen LogP contribution < -0.4 is 10.0 Å². The third kappa shape index (κ3) is 6.25. The van der Waals surface area contributed by atoms with Gasteiger partial charge in [-0.25, -0.2) is 8.42 Å². The second kappa shape index (κ2) is 11.3. The molecular weight excluding hydrogens is 458 g/mol. The second-order valence-electron chi connectivity index (χ2n) is 9.53. The smallest absolute Gasteiger partial charge is 0.241 e. The van der Waals surface area contributed by atoms with E-state index in [-0.39, 0.29) is 23.3 Å². The zero-order valence-corrected chi connectivity index (χ0v) is 21.5. The minimum absolute atomic E-state index is 0.105. The summed E-state index contributed by atoms with van der Waals surface area (Å²) in [6.45, 7) is 0. The number of amides is 1. The Kier molecular flexibility index (Phi) is 8.15. The Morgan fingerprint density at radius 1 is 1.03 bits per heavy atom. The minimum Gasteiger partial charge on any atom is -0.388 e. The minimum atomic E-state index is -3.87. The van der Waals surface area contributed by atoms with Crippen molar-refractivity contribution in [1.29, 1.82) is 0 Å². The van der Waals surface area contributed by atoms with E-state index in [2.05, 4.69) is 21.9 Å². The number of rotatable bonds is 7. The molecular formula is C28H35N3O3S. The summed E-state index contributed by atoms with van der Waals surface area (Å²) in [6.07, 6.45) is 8.29. The monoisotopic (exact) mass is 493 g/mol. The van der Waals surface area contributed by atoms with E-state index in [1.807, 2.05) is 37.4 Å². The lowest BCUT2D eigenvalue weighted by atomic mass is 9.92. The summed E-state index contributed by atoms with van der Waals surface area (Å²) >= 11 is 0. The first-order valence-electron chi connectivity index (χ1n) is 12.5. The van der Waals surface area contributed by atoms with E-state index < -0.39 is 16.1 Å². The molecule has 186 valence electrons. The third-order valence-corrected chi connectivity index (χ3v) is 8.63. The van der Waals surface area contributed by atoms with Crippen molar-refractivity contribution < 1.29 is 13.2 Å². The Hall–Kier alpha value is -2.82. The summed E-state index contributed by atoms with van der Waals surface area (Å²) in [6, 6.07) is 12.2. The number of sulfonamides is 1. The number of nitrogens with zero attached hydrogens (tertiary/aromatic N) is 1. The number of anilines is 1. The molecule has 6 nitrogen and oxygen atoms in total. The molecule has 0 bridgehead atoms. The van der Waals surface area contributed by atoms with Gasteiger partial charge in [0.1, 0.15) is 6.04 Å². The molecule has 2 N–H and O–H groups in total. The van der Waals surface area contributed by atoms with Gasteiger partial charge in [-0.15, -0.1) is 0 Å². The Labute approximate surface area is 209 Å². The highest BCUT2D eigenvalue weighted by atomic mass is 32.2. The molecule has 2 aliphatic carbocycles. The maximum Gasteiger partial charge on any atom is 0.241 e. The van der Waals surface area contributed by atoms with Gasteiger partial charge in [0.15, 0.2) is 0 Å². The van der Waals surface area contributed by atoms with E-state index in [0.717, 1.165) is 68.2 Å². The van der Waals surface area contributed by atoms with Crippen LogP contribution in [-0.2, 0) is 27.7 Å². The molecule has 0 heterocycles. The predicted octanol–water partition coefficient (Wildman–Crippen LogP) is 4.10. The molecule has 0 saturated heterocycles. The van der Waals surface area contributed by atoms with E-state index in [0.29, 0.717) is 0 Å². The summed E-state index contributed by atoms with van der Waals surface area (Å²) in [5, 5.41) is 3.07. The van der Waals surface area contributed by atoms with Crippen LogP contribution >= 0.6 is 0 Å². The first-order chi connectivity index (χ1) is 16.9. The van der Waals surface area contributed by atoms with Crippen LogP contribution in [0.1, 0.15) is 61.6 Å². The van der Waals surface area contributed by atoms with Crippen molar-refractivity contribution in [2.45, 2.75) is 74.8 Å². The van der Waals surface area contributed by atoms with Crippen molar-refractivity contribution in [1.82, 2.24) is 9.62 Å². The summed E-state index contributed by atoms with van der Waals surface area (Å²) in [5.41, 5.74) is 4.12. The number of nitrogens with one attached hydrogen (secondary N) is 2. The average molecular weight is 494 g/mol. The number of benzene rings is 2. The highest BCUT2D eigenvalue weighted by molar-refractivity contribution is 7.89. The van der Waals surface area contributed by atoms with Crippen LogP contribution in [-0.4, -0.2) is 45.4 Å². The quantitative estimate of drug-likeness (QED) is 0.570. The van der Waals surface area contributed by atoms with Crippen LogP contribution in [0.4, 0.5) is 5.69 Å². The van der Waals surface area contributed by atoms with Crippen LogP contribution in [0.25, 0.3) is 0 Å². The lowest BCUT2D eigenvalue weighted by Crippen LogP contribution is -2.49. The van der Waals surface area contributed by atoms with Crippen molar-refractivity contribution in [3.05, 3.63) is 59.2 Å². The number of likely N-dealkylation sites (N-methyl/N-ethyl adjacent to an activating group) is 1. The average Bonchev–Trinajstić information content (AvgIpc) is 3.42. The number of aryl methyl sites for hydroxylation is 2. The molecule has 1 amide bonds. The van der Waals surface area contributed by atoms with Crippen LogP contribution in [0.3, 0.4) is 0 Å². The summed E-state index contributed by atoms with van der Waals surface area (Å²) in [7, 11) is -0.239. The normalized spacial score (nSPS) is 16.6. The zero-order chi connectivity index (χ0) is 24.8. The Balaban J connectivity index is 1.55. The van der Waals surface area contributed by atoms with Crippen molar-refractivity contribution >= 4 is 21.6 Å². The molecule has 4 rings (SSSR count). The number of hydrogen-bond acceptors (Lipinski definition) is 4. The summed E-state index contributed by atoms with van der Waals surface area (Å²) in [5.74, 6) is 5.89. The van der Waals surface area contributed by atoms with Gasteiger partial charge in [-0.1, -0.05) is 30.7 Å². The molecule has 1 atom stereocenters. The van der Waals surface area contributed by atoms with E-state index in [1.54, 1.807) is 24.1 Å². The molecule has 2 aromatic rings. The van der Waals surface area contributed by atoms with Crippen LogP contribution in [0.2, 0.25) is 0 Å². The fourth-order valence-electron chi connectivity index (χ4n) is 5.00. The van der Waals surface area contributed by atoms with Gasteiger partial charge in [-0.2, -0.15) is 4.72 Å². The highest BCUT2D eigenvalue weighted by Crippen LogP contribution is 2.25. The van der Waals surface area contributed by atoms with Gasteiger partial charge in [0.2, 0.25) is 15.9 Å². The van der Waals surface area contributed by atoms with E-state index in [4.69, 9.17) is 0 Å². The largest absolute Gasteiger partial charge is 0.388 e. The Morgan fingerprint density at radius 3 is 2.40 bits per heavy atom. The van der Waals surface area contributed by atoms with Gasteiger partial charge >= 0.3 is 0 Å². The Morgan fingerprint density at radius 2 is 1.71 bits per heavy atom. The van der Waals surface area contributed by atoms with Gasteiger partial charge in [-0.3, -0.25) is 4.79 Å². The molecule has 2 aliphatic rings. The van der Waals surface area contributed by atoms with Crippen molar-refractivity contribution in [2.75, 3.05) is 19.4 Å². The molecule has 0 unspecified atom stereocenters. The summed E-state index contributed by atoms with van der Waals surface area (Å²) in [4.78, 5) is 15.4. The number of carbonyl (C=O) groups is 1. The van der Waals surface area contributed by atoms with Crippen LogP contribution in [0.15, 0.2) is 47.4 Å². The molecule has 0 aliphatic heterocycles. The Bertz CT molecular complexity index is 1210. The molecule has 35 heavy (non-hydrogen) atoms. The molecule has 0 radical (unpaired) electrons. The van der Waals surface area contributed by atoms with E-state index >= 15 is 0 Å². The number of fused-ring (bicyclic) bond motifs is 1. The van der Waals surface area contributed by atoms with Crippen LogP contribution in [0.5, 0.6) is 0 Å². The molecule has 1 saturated carbocycles.